The molecular formula is C32H56O6Si2. The van der Waals surface area contributed by atoms with Crippen molar-refractivity contribution in [1.29, 1.82) is 0 Å². The molecule has 8 heteroatoms. The monoisotopic (exact) mass is 592 g/mol. The Balaban J connectivity index is 2.37. The molecule has 0 spiro atoms. The molecule has 228 valence electrons. The quantitative estimate of drug-likeness (QED) is 0.132. The van der Waals surface area contributed by atoms with Crippen LogP contribution < -0.4 is 4.74 Å². The zero-order valence-corrected chi connectivity index (χ0v) is 29.2. The summed E-state index contributed by atoms with van der Waals surface area (Å²) >= 11 is 0. The topological polar surface area (TPSA) is 63.2 Å². The summed E-state index contributed by atoms with van der Waals surface area (Å²) in [6, 6.07) is 7.69. The summed E-state index contributed by atoms with van der Waals surface area (Å²) in [4.78, 5) is 12.2. The summed E-state index contributed by atoms with van der Waals surface area (Å²) in [5.74, 6) is 0.856. The Bertz CT molecular complexity index is 948. The highest BCUT2D eigenvalue weighted by molar-refractivity contribution is 6.74. The normalized spacial score (nSPS) is 25.4. The summed E-state index contributed by atoms with van der Waals surface area (Å²) in [6.45, 7) is 29.2. The van der Waals surface area contributed by atoms with Crippen LogP contribution in [-0.2, 0) is 29.7 Å². The minimum absolute atomic E-state index is 0.0277. The average Bonchev–Trinajstić information content (AvgIpc) is 2.85. The predicted octanol–water partition coefficient (Wildman–Crippen LogP) is 7.93. The lowest BCUT2D eigenvalue weighted by molar-refractivity contribution is -0.195. The van der Waals surface area contributed by atoms with E-state index < -0.39 is 22.7 Å². The highest BCUT2D eigenvalue weighted by atomic mass is 28.4. The van der Waals surface area contributed by atoms with Gasteiger partial charge in [0.15, 0.2) is 16.6 Å². The summed E-state index contributed by atoms with van der Waals surface area (Å²) in [6.07, 6.45) is 2.45. The molecule has 1 aromatic rings. The standard InChI is InChI=1S/C32H56O6Si2/c1-14-15-27-29(37-39(10,11)31(3,4)5)23(2)30(38-40(12,13)32(6,7)8)28(36-27)20-26(21-33)35-22-24-16-18-25(34-9)19-17-24/h14,16-19,21,23,26-30H,1,15,20,22H2,2-13H3/t23-,26-,27+,28+,29-,30+/m1/s1. The maximum absolute atomic E-state index is 12.2. The molecule has 1 aliphatic heterocycles. The van der Waals surface area contributed by atoms with Gasteiger partial charge in [-0.25, -0.2) is 0 Å². The van der Waals surface area contributed by atoms with E-state index in [0.29, 0.717) is 19.4 Å². The van der Waals surface area contributed by atoms with Crippen LogP contribution in [0.2, 0.25) is 36.3 Å². The molecule has 6 nitrogen and oxygen atoms in total. The Labute approximate surface area is 246 Å². The number of methoxy groups -OCH3 is 1. The van der Waals surface area contributed by atoms with Crippen molar-refractivity contribution in [3.8, 4) is 5.75 Å². The van der Waals surface area contributed by atoms with Crippen LogP contribution in [-0.4, -0.2) is 60.6 Å². The predicted molar refractivity (Wildman–Crippen MR) is 169 cm³/mol. The van der Waals surface area contributed by atoms with Crippen molar-refractivity contribution in [2.24, 2.45) is 5.92 Å². The highest BCUT2D eigenvalue weighted by Gasteiger charge is 2.51. The van der Waals surface area contributed by atoms with Gasteiger partial charge in [0.05, 0.1) is 38.1 Å². The molecule has 0 saturated carbocycles. The molecule has 0 radical (unpaired) electrons. The van der Waals surface area contributed by atoms with E-state index in [2.05, 4.69) is 81.2 Å². The second-order valence-corrected chi connectivity index (χ2v) is 23.9. The molecule has 0 unspecified atom stereocenters. The van der Waals surface area contributed by atoms with E-state index in [9.17, 15) is 4.79 Å². The molecule has 1 aromatic carbocycles. The van der Waals surface area contributed by atoms with Crippen LogP contribution in [0.5, 0.6) is 5.75 Å². The van der Waals surface area contributed by atoms with E-state index in [4.69, 9.17) is 23.1 Å². The van der Waals surface area contributed by atoms with E-state index >= 15 is 0 Å². The van der Waals surface area contributed by atoms with Gasteiger partial charge in [0.25, 0.3) is 0 Å². The first-order valence-corrected chi connectivity index (χ1v) is 20.5. The van der Waals surface area contributed by atoms with Gasteiger partial charge in [0, 0.05) is 12.3 Å². The molecule has 0 amide bonds. The number of ether oxygens (including phenoxy) is 3. The number of hydrogen-bond acceptors (Lipinski definition) is 6. The summed E-state index contributed by atoms with van der Waals surface area (Å²) < 4.78 is 32.3. The lowest BCUT2D eigenvalue weighted by Crippen LogP contribution is -2.61. The van der Waals surface area contributed by atoms with Crippen molar-refractivity contribution in [2.75, 3.05) is 7.11 Å². The number of carbonyl (C=O) groups excluding carboxylic acids is 1. The first-order valence-electron chi connectivity index (χ1n) is 14.7. The Kier molecular flexibility index (Phi) is 12.0. The zero-order chi connectivity index (χ0) is 30.5. The van der Waals surface area contributed by atoms with Crippen molar-refractivity contribution >= 4 is 22.9 Å². The number of rotatable bonds is 13. The fraction of sp³-hybridized carbons (Fsp3) is 0.719. The van der Waals surface area contributed by atoms with Gasteiger partial charge in [-0.15, -0.1) is 6.58 Å². The average molecular weight is 593 g/mol. The lowest BCUT2D eigenvalue weighted by Gasteiger charge is -2.52. The molecule has 1 aliphatic rings. The molecule has 0 N–H and O–H groups in total. The Morgan fingerprint density at radius 1 is 0.925 bits per heavy atom. The fourth-order valence-electron chi connectivity index (χ4n) is 4.50. The van der Waals surface area contributed by atoms with Gasteiger partial charge in [-0.1, -0.05) is 66.7 Å². The van der Waals surface area contributed by atoms with Gasteiger partial charge in [0.1, 0.15) is 18.1 Å². The maximum atomic E-state index is 12.2. The third-order valence-corrected chi connectivity index (χ3v) is 18.2. The molecule has 1 saturated heterocycles. The fourth-order valence-corrected chi connectivity index (χ4v) is 7.31. The van der Waals surface area contributed by atoms with Crippen LogP contribution in [0, 0.1) is 5.92 Å². The molecule has 40 heavy (non-hydrogen) atoms. The van der Waals surface area contributed by atoms with Gasteiger partial charge < -0.3 is 27.9 Å². The van der Waals surface area contributed by atoms with Crippen molar-refractivity contribution in [3.05, 3.63) is 42.5 Å². The minimum Gasteiger partial charge on any atom is -0.497 e. The number of hydrogen-bond donors (Lipinski definition) is 0. The Hall–Kier alpha value is -1.30. The minimum atomic E-state index is -2.17. The molecule has 2 rings (SSSR count). The molecule has 0 aromatic heterocycles. The molecular weight excluding hydrogens is 537 g/mol. The Morgan fingerprint density at radius 3 is 1.85 bits per heavy atom. The SMILES string of the molecule is C=CC[C@@H]1O[C@@H](C[C@H](C=O)OCc2ccc(OC)cc2)[C@@H](O[Si](C)(C)C(C)(C)C)[C@H](C)[C@H]1O[Si](C)(C)C(C)(C)C. The van der Waals surface area contributed by atoms with Crippen LogP contribution in [0.25, 0.3) is 0 Å². The third-order valence-electron chi connectivity index (χ3n) is 9.23. The van der Waals surface area contributed by atoms with Crippen LogP contribution in [0.1, 0.15) is 66.9 Å². The summed E-state index contributed by atoms with van der Waals surface area (Å²) in [5.41, 5.74) is 0.979. The number of benzene rings is 1. The van der Waals surface area contributed by atoms with Crippen LogP contribution in [0.3, 0.4) is 0 Å². The van der Waals surface area contributed by atoms with Gasteiger partial charge >= 0.3 is 0 Å². The van der Waals surface area contributed by atoms with E-state index in [-0.39, 0.29) is 40.4 Å². The molecule has 0 bridgehead atoms. The van der Waals surface area contributed by atoms with E-state index in [1.165, 1.54) is 0 Å². The van der Waals surface area contributed by atoms with Crippen LogP contribution in [0.4, 0.5) is 0 Å². The second kappa shape index (κ2) is 13.8. The van der Waals surface area contributed by atoms with Crippen molar-refractivity contribution < 1.29 is 27.9 Å². The maximum Gasteiger partial charge on any atom is 0.192 e. The zero-order valence-electron chi connectivity index (χ0n) is 27.2. The van der Waals surface area contributed by atoms with E-state index in [0.717, 1.165) is 17.6 Å². The molecule has 0 aliphatic carbocycles. The number of aldehydes is 1. The van der Waals surface area contributed by atoms with E-state index in [1.54, 1.807) is 7.11 Å². The number of carbonyl (C=O) groups is 1. The van der Waals surface area contributed by atoms with Gasteiger partial charge in [-0.05, 0) is 60.4 Å². The largest absolute Gasteiger partial charge is 0.497 e. The van der Waals surface area contributed by atoms with Crippen molar-refractivity contribution in [2.45, 2.75) is 135 Å². The van der Waals surface area contributed by atoms with Crippen LogP contribution in [0.15, 0.2) is 36.9 Å². The Morgan fingerprint density at radius 2 is 1.43 bits per heavy atom. The van der Waals surface area contributed by atoms with Crippen LogP contribution >= 0.6 is 0 Å². The van der Waals surface area contributed by atoms with Crippen molar-refractivity contribution in [3.63, 3.8) is 0 Å². The van der Waals surface area contributed by atoms with Gasteiger partial charge in [-0.2, -0.15) is 0 Å². The highest BCUT2D eigenvalue weighted by Crippen LogP contribution is 2.45. The second-order valence-electron chi connectivity index (χ2n) is 14.4. The molecule has 1 heterocycles. The molecule has 6 atom stereocenters. The van der Waals surface area contributed by atoms with Gasteiger partial charge in [0.2, 0.25) is 0 Å². The molecule has 1 fully saturated rings. The summed E-state index contributed by atoms with van der Waals surface area (Å²) in [5, 5.41) is 0.0932. The van der Waals surface area contributed by atoms with E-state index in [1.807, 2.05) is 30.3 Å². The summed E-state index contributed by atoms with van der Waals surface area (Å²) in [7, 11) is -2.62. The first-order chi connectivity index (χ1) is 18.4. The third kappa shape index (κ3) is 8.85. The lowest BCUT2D eigenvalue weighted by atomic mass is 9.85. The smallest absolute Gasteiger partial charge is 0.192 e. The van der Waals surface area contributed by atoms with Crippen molar-refractivity contribution in [1.82, 2.24) is 0 Å². The van der Waals surface area contributed by atoms with Gasteiger partial charge in [-0.3, -0.25) is 0 Å². The first kappa shape index (κ1) is 34.9.